The lowest BCUT2D eigenvalue weighted by molar-refractivity contribution is 0.664. The van der Waals surface area contributed by atoms with E-state index >= 15 is 0 Å². The first-order chi connectivity index (χ1) is 7.40. The van der Waals surface area contributed by atoms with Gasteiger partial charge >= 0.3 is 0 Å². The number of nitrogens with one attached hydrogen (secondary N) is 1. The van der Waals surface area contributed by atoms with Gasteiger partial charge in [0.25, 0.3) is 0 Å². The summed E-state index contributed by atoms with van der Waals surface area (Å²) in [6.45, 7) is 4.21. The van der Waals surface area contributed by atoms with Crippen LogP contribution in [0.25, 0.3) is 0 Å². The topological polar surface area (TPSA) is 24.9 Å². The Morgan fingerprint density at radius 2 is 2.53 bits per heavy atom. The average molecular weight is 242 g/mol. The molecule has 1 aliphatic heterocycles. The number of rotatable bonds is 5. The molecule has 0 bridgehead atoms. The van der Waals surface area contributed by atoms with Crippen molar-refractivity contribution in [2.75, 3.05) is 12.3 Å². The van der Waals surface area contributed by atoms with Crippen LogP contribution in [0.1, 0.15) is 42.1 Å². The van der Waals surface area contributed by atoms with E-state index in [1.54, 1.807) is 0 Å². The fraction of sp³-hybridized carbons (Fsp3) is 0.727. The van der Waals surface area contributed by atoms with E-state index in [0.29, 0.717) is 5.25 Å². The molecule has 1 aromatic rings. The van der Waals surface area contributed by atoms with Crippen LogP contribution in [0, 0.1) is 0 Å². The highest BCUT2D eigenvalue weighted by Crippen LogP contribution is 2.40. The molecule has 84 valence electrons. The molecule has 15 heavy (non-hydrogen) atoms. The van der Waals surface area contributed by atoms with Gasteiger partial charge in [-0.3, -0.25) is 0 Å². The Morgan fingerprint density at radius 1 is 1.60 bits per heavy atom. The normalized spacial score (nSPS) is 21.0. The standard InChI is InChI=1S/C11H18N2S2/c1-2-5-12-7-9-8-15-11(13-9)10-4-3-6-14-10/h8,10,12H,2-7H2,1H3. The van der Waals surface area contributed by atoms with E-state index < -0.39 is 0 Å². The van der Waals surface area contributed by atoms with Crippen molar-refractivity contribution in [2.45, 2.75) is 38.0 Å². The Labute approximate surface area is 99.9 Å². The minimum Gasteiger partial charge on any atom is -0.311 e. The molecule has 4 heteroatoms. The Balaban J connectivity index is 1.86. The number of nitrogens with zero attached hydrogens (tertiary/aromatic N) is 1. The van der Waals surface area contributed by atoms with Gasteiger partial charge in [-0.05, 0) is 31.6 Å². The number of hydrogen-bond donors (Lipinski definition) is 1. The Hall–Kier alpha value is -0.0600. The molecule has 0 amide bonds. The molecule has 2 heterocycles. The second kappa shape index (κ2) is 5.87. The van der Waals surface area contributed by atoms with Crippen LogP contribution in [0.3, 0.4) is 0 Å². The predicted octanol–water partition coefficient (Wildman–Crippen LogP) is 3.21. The molecule has 1 aromatic heterocycles. The zero-order valence-electron chi connectivity index (χ0n) is 9.16. The molecule has 1 saturated heterocycles. The molecule has 1 atom stereocenters. The summed E-state index contributed by atoms with van der Waals surface area (Å²) in [6, 6.07) is 0. The highest BCUT2D eigenvalue weighted by molar-refractivity contribution is 7.99. The second-order valence-electron chi connectivity index (χ2n) is 3.86. The van der Waals surface area contributed by atoms with Crippen molar-refractivity contribution in [2.24, 2.45) is 0 Å². The van der Waals surface area contributed by atoms with Gasteiger partial charge in [-0.1, -0.05) is 6.92 Å². The van der Waals surface area contributed by atoms with E-state index in [1.165, 1.54) is 35.7 Å². The molecule has 0 spiro atoms. The van der Waals surface area contributed by atoms with Gasteiger partial charge in [0.1, 0.15) is 5.01 Å². The molecule has 0 saturated carbocycles. The number of thioether (sulfide) groups is 1. The quantitative estimate of drug-likeness (QED) is 0.803. The molecule has 2 nitrogen and oxygen atoms in total. The monoisotopic (exact) mass is 242 g/mol. The van der Waals surface area contributed by atoms with E-state index in [-0.39, 0.29) is 0 Å². The van der Waals surface area contributed by atoms with Gasteiger partial charge in [0.15, 0.2) is 0 Å². The third-order valence-corrected chi connectivity index (χ3v) is 5.05. The van der Waals surface area contributed by atoms with Gasteiger partial charge in [-0.2, -0.15) is 11.8 Å². The van der Waals surface area contributed by atoms with Crippen molar-refractivity contribution in [3.8, 4) is 0 Å². The van der Waals surface area contributed by atoms with Crippen LogP contribution in [-0.2, 0) is 6.54 Å². The van der Waals surface area contributed by atoms with Crippen LogP contribution in [-0.4, -0.2) is 17.3 Å². The van der Waals surface area contributed by atoms with E-state index in [0.717, 1.165) is 13.1 Å². The maximum atomic E-state index is 4.70. The zero-order valence-corrected chi connectivity index (χ0v) is 10.8. The van der Waals surface area contributed by atoms with Crippen LogP contribution in [0.2, 0.25) is 0 Å². The van der Waals surface area contributed by atoms with Crippen molar-refractivity contribution in [1.29, 1.82) is 0 Å². The lowest BCUT2D eigenvalue weighted by Gasteiger charge is -2.02. The molecular formula is C11H18N2S2. The third-order valence-electron chi connectivity index (χ3n) is 2.51. The Bertz CT molecular complexity index is 293. The predicted molar refractivity (Wildman–Crippen MR) is 68.5 cm³/mol. The second-order valence-corrected chi connectivity index (χ2v) is 6.06. The molecule has 1 unspecified atom stereocenters. The fourth-order valence-corrected chi connectivity index (χ4v) is 4.07. The number of thiazole rings is 1. The largest absolute Gasteiger partial charge is 0.311 e. The van der Waals surface area contributed by atoms with Crippen LogP contribution >= 0.6 is 23.1 Å². The van der Waals surface area contributed by atoms with E-state index in [1.807, 2.05) is 11.3 Å². The van der Waals surface area contributed by atoms with Crippen molar-refractivity contribution < 1.29 is 0 Å². The lowest BCUT2D eigenvalue weighted by atomic mass is 10.3. The van der Waals surface area contributed by atoms with Gasteiger partial charge in [0, 0.05) is 11.9 Å². The van der Waals surface area contributed by atoms with Crippen LogP contribution in [0.4, 0.5) is 0 Å². The average Bonchev–Trinajstić information content (AvgIpc) is 2.87. The van der Waals surface area contributed by atoms with E-state index in [9.17, 15) is 0 Å². The van der Waals surface area contributed by atoms with Crippen molar-refractivity contribution in [1.82, 2.24) is 10.3 Å². The molecule has 2 rings (SSSR count). The summed E-state index contributed by atoms with van der Waals surface area (Å²) >= 11 is 3.90. The van der Waals surface area contributed by atoms with Crippen molar-refractivity contribution in [3.63, 3.8) is 0 Å². The SMILES string of the molecule is CCCNCc1csc(C2CCCS2)n1. The summed E-state index contributed by atoms with van der Waals surface area (Å²) in [6.07, 6.45) is 3.87. The maximum absolute atomic E-state index is 4.70. The van der Waals surface area contributed by atoms with Crippen molar-refractivity contribution in [3.05, 3.63) is 16.1 Å². The summed E-state index contributed by atoms with van der Waals surface area (Å²) in [5.41, 5.74) is 1.22. The summed E-state index contributed by atoms with van der Waals surface area (Å²) < 4.78 is 0. The Morgan fingerprint density at radius 3 is 3.27 bits per heavy atom. The van der Waals surface area contributed by atoms with Crippen LogP contribution < -0.4 is 5.32 Å². The zero-order chi connectivity index (χ0) is 10.5. The van der Waals surface area contributed by atoms with Crippen LogP contribution in [0.5, 0.6) is 0 Å². The summed E-state index contributed by atoms with van der Waals surface area (Å²) in [7, 11) is 0. The van der Waals surface area contributed by atoms with E-state index in [2.05, 4.69) is 29.4 Å². The van der Waals surface area contributed by atoms with Gasteiger partial charge < -0.3 is 5.32 Å². The minimum atomic E-state index is 0.690. The maximum Gasteiger partial charge on any atom is 0.106 e. The summed E-state index contributed by atoms with van der Waals surface area (Å²) in [5.74, 6) is 1.31. The first-order valence-corrected chi connectivity index (χ1v) is 7.59. The highest BCUT2D eigenvalue weighted by Gasteiger charge is 2.20. The summed E-state index contributed by atoms with van der Waals surface area (Å²) in [5, 5.41) is 7.63. The first kappa shape index (κ1) is 11.4. The molecule has 0 radical (unpaired) electrons. The molecule has 1 N–H and O–H groups in total. The van der Waals surface area contributed by atoms with Crippen molar-refractivity contribution >= 4 is 23.1 Å². The lowest BCUT2D eigenvalue weighted by Crippen LogP contribution is -2.13. The Kier molecular flexibility index (Phi) is 4.47. The fourth-order valence-electron chi connectivity index (χ4n) is 1.72. The molecular weight excluding hydrogens is 224 g/mol. The first-order valence-electron chi connectivity index (χ1n) is 5.66. The molecule has 0 aliphatic carbocycles. The molecule has 1 aliphatic rings. The summed E-state index contributed by atoms with van der Waals surface area (Å²) in [4.78, 5) is 4.70. The number of hydrogen-bond acceptors (Lipinski definition) is 4. The third kappa shape index (κ3) is 3.20. The minimum absolute atomic E-state index is 0.690. The van der Waals surface area contributed by atoms with Crippen LogP contribution in [0.15, 0.2) is 5.38 Å². The van der Waals surface area contributed by atoms with Gasteiger partial charge in [-0.15, -0.1) is 11.3 Å². The number of aromatic nitrogens is 1. The molecule has 0 aromatic carbocycles. The molecule has 1 fully saturated rings. The van der Waals surface area contributed by atoms with Gasteiger partial charge in [-0.25, -0.2) is 4.98 Å². The highest BCUT2D eigenvalue weighted by atomic mass is 32.2. The van der Waals surface area contributed by atoms with Gasteiger partial charge in [0.05, 0.1) is 10.9 Å². The van der Waals surface area contributed by atoms with E-state index in [4.69, 9.17) is 4.98 Å². The van der Waals surface area contributed by atoms with Gasteiger partial charge in [0.2, 0.25) is 0 Å². The smallest absolute Gasteiger partial charge is 0.106 e.